The Bertz CT molecular complexity index is 1960. The van der Waals surface area contributed by atoms with Crippen molar-refractivity contribution in [2.24, 2.45) is 41.4 Å². The quantitative estimate of drug-likeness (QED) is 0.0248. The number of carboxylic acid groups (broad SMARTS) is 1. The molecule has 2 saturated heterocycles. The van der Waals surface area contributed by atoms with Crippen molar-refractivity contribution in [1.29, 1.82) is 0 Å². The van der Waals surface area contributed by atoms with Crippen LogP contribution in [-0.4, -0.2) is 120 Å². The molecule has 14 atom stereocenters. The van der Waals surface area contributed by atoms with Crippen LogP contribution < -0.4 is 21.4 Å². The van der Waals surface area contributed by atoms with Crippen molar-refractivity contribution in [1.82, 2.24) is 26.4 Å². The van der Waals surface area contributed by atoms with Crippen molar-refractivity contribution in [2.45, 2.75) is 195 Å². The molecule has 0 aromatic heterocycles. The molecule has 4 amide bonds. The first kappa shape index (κ1) is 64.2. The zero-order chi connectivity index (χ0) is 54.9. The standard InChI is InChI=1S/C57H93N5O11/c1-12-42(32-44(63)14-3)33-46(56(71)62-30-22-26-45(61-62)57(72)73)58-55(70)51(35(4)5)59-50(67)34-49(66)40(10)48(65)27-21-16-15-18-23-36(6)24-19-17-20-25-37(7)47(64)29-28-38(8)53(68)41(11)52-39(9)31-43(13-2)54(69)60-52/h12,14-17,19,21,24,27,32,35,37-41,43,45-49,51-53,61,63-66,68H,3,13,18,20,22-23,25-26,28-31,33-34H2,1-2,4-11H3,(H,58,70)(H,59,67)(H,60,69)(H,72,73)/b16-15+,19-17+,27-21+,36-24+,42-12+,44-32+/t37?,38?,39-,40?,41?,43?,45?,46?,47?,48?,49?,51?,52?,53?/m0/s1. The van der Waals surface area contributed by atoms with E-state index in [-0.39, 0.29) is 54.3 Å². The van der Waals surface area contributed by atoms with Crippen LogP contribution in [0, 0.1) is 41.4 Å². The van der Waals surface area contributed by atoms with Crippen LogP contribution in [0.25, 0.3) is 0 Å². The van der Waals surface area contributed by atoms with Crippen molar-refractivity contribution < 1.29 is 54.6 Å². The zero-order valence-corrected chi connectivity index (χ0v) is 45.5. The van der Waals surface area contributed by atoms with E-state index in [4.69, 9.17) is 0 Å². The fourth-order valence-corrected chi connectivity index (χ4v) is 9.44. The second-order valence-electron chi connectivity index (χ2n) is 21.1. The number of aliphatic hydroxyl groups is 5. The molecule has 2 heterocycles. The molecule has 0 saturated carbocycles. The van der Waals surface area contributed by atoms with Crippen molar-refractivity contribution >= 4 is 29.6 Å². The number of nitrogens with zero attached hydrogens (tertiary/aromatic N) is 1. The SMILES string of the molecule is C=C/C(O)=C\C(=C/C)CC(NC(=O)C(NC(=O)CC(O)C(C)C(O)/C=C/C=C/CC/C(C)=C/C=C/CCC(C)C(O)CCC(C)C(O)C(C)C1NC(=O)C(CC)C[C@@H]1C)C(C)C)C(=O)N1CCCC(C(=O)O)N1. The lowest BCUT2D eigenvalue weighted by Crippen LogP contribution is -2.61. The lowest BCUT2D eigenvalue weighted by Gasteiger charge is -2.40. The van der Waals surface area contributed by atoms with Crippen LogP contribution in [0.5, 0.6) is 0 Å². The van der Waals surface area contributed by atoms with Gasteiger partial charge in [0.2, 0.25) is 17.7 Å². The predicted molar refractivity (Wildman–Crippen MR) is 287 cm³/mol. The minimum Gasteiger partial charge on any atom is -0.508 e. The van der Waals surface area contributed by atoms with Gasteiger partial charge in [-0.1, -0.05) is 116 Å². The molecule has 0 radical (unpaired) electrons. The third kappa shape index (κ3) is 22.2. The van der Waals surface area contributed by atoms with Gasteiger partial charge < -0.3 is 46.6 Å². The summed E-state index contributed by atoms with van der Waals surface area (Å²) in [6, 6.07) is -3.35. The average Bonchev–Trinajstić information content (AvgIpc) is 3.36. The molecule has 16 heteroatoms. The largest absolute Gasteiger partial charge is 0.508 e. The Morgan fingerprint density at radius 3 is 2.21 bits per heavy atom. The van der Waals surface area contributed by atoms with Gasteiger partial charge in [-0.25, -0.2) is 5.43 Å². The van der Waals surface area contributed by atoms with Gasteiger partial charge in [0.1, 0.15) is 23.9 Å². The molecular formula is C57H93N5O11. The van der Waals surface area contributed by atoms with Gasteiger partial charge in [-0.05, 0) is 119 Å². The Balaban J connectivity index is 1.83. The maximum Gasteiger partial charge on any atom is 0.322 e. The number of piperidine rings is 1. The average molecular weight is 1020 g/mol. The molecule has 10 N–H and O–H groups in total. The summed E-state index contributed by atoms with van der Waals surface area (Å²) in [7, 11) is 0. The molecule has 2 fully saturated rings. The van der Waals surface area contributed by atoms with Crippen molar-refractivity contribution in [2.75, 3.05) is 6.54 Å². The highest BCUT2D eigenvalue weighted by Gasteiger charge is 2.39. The predicted octanol–water partition coefficient (Wildman–Crippen LogP) is 7.04. The summed E-state index contributed by atoms with van der Waals surface area (Å²) in [5, 5.41) is 73.1. The third-order valence-corrected chi connectivity index (χ3v) is 14.8. The first-order valence-corrected chi connectivity index (χ1v) is 26.7. The van der Waals surface area contributed by atoms with E-state index in [9.17, 15) is 54.6 Å². The van der Waals surface area contributed by atoms with E-state index in [0.717, 1.165) is 38.5 Å². The summed E-state index contributed by atoms with van der Waals surface area (Å²) in [6.45, 7) is 22.8. The number of aliphatic hydroxyl groups excluding tert-OH is 5. The number of aliphatic carboxylic acids is 1. The molecule has 2 aliphatic heterocycles. The molecule has 2 aliphatic rings. The summed E-state index contributed by atoms with van der Waals surface area (Å²) < 4.78 is 0. The maximum atomic E-state index is 13.8. The summed E-state index contributed by atoms with van der Waals surface area (Å²) >= 11 is 0. The summed E-state index contributed by atoms with van der Waals surface area (Å²) in [6.07, 6.45) is 20.7. The van der Waals surface area contributed by atoms with Gasteiger partial charge >= 0.3 is 5.97 Å². The van der Waals surface area contributed by atoms with E-state index in [1.807, 2.05) is 39.0 Å². The van der Waals surface area contributed by atoms with Crippen LogP contribution in [0.4, 0.5) is 0 Å². The first-order valence-electron chi connectivity index (χ1n) is 26.7. The minimum absolute atomic E-state index is 0.000176. The maximum absolute atomic E-state index is 13.8. The molecule has 13 unspecified atom stereocenters. The van der Waals surface area contributed by atoms with E-state index in [0.29, 0.717) is 37.2 Å². The monoisotopic (exact) mass is 1020 g/mol. The second-order valence-corrected chi connectivity index (χ2v) is 21.1. The number of amides is 4. The number of hydrogen-bond donors (Lipinski definition) is 10. The second kappa shape index (κ2) is 33.1. The number of hydrogen-bond acceptors (Lipinski definition) is 11. The lowest BCUT2D eigenvalue weighted by atomic mass is 9.75. The molecule has 16 nitrogen and oxygen atoms in total. The van der Waals surface area contributed by atoms with Crippen LogP contribution in [0.15, 0.2) is 84.2 Å². The molecule has 0 bridgehead atoms. The van der Waals surface area contributed by atoms with Gasteiger partial charge in [-0.15, -0.1) is 0 Å². The number of carbonyl (C=O) groups excluding carboxylic acids is 4. The van der Waals surface area contributed by atoms with E-state index in [1.165, 1.54) is 28.8 Å². The summed E-state index contributed by atoms with van der Waals surface area (Å²) in [5.74, 6) is -3.87. The van der Waals surface area contributed by atoms with Crippen LogP contribution in [0.3, 0.4) is 0 Å². The molecular weight excluding hydrogens is 931 g/mol. The molecule has 0 aromatic carbocycles. The van der Waals surface area contributed by atoms with E-state index < -0.39 is 84.5 Å². The highest BCUT2D eigenvalue weighted by molar-refractivity contribution is 5.92. The van der Waals surface area contributed by atoms with E-state index >= 15 is 0 Å². The Labute approximate surface area is 436 Å². The Hall–Kier alpha value is -4.87. The number of carbonyl (C=O) groups is 5. The highest BCUT2D eigenvalue weighted by Crippen LogP contribution is 2.32. The molecule has 0 spiro atoms. The van der Waals surface area contributed by atoms with Crippen LogP contribution >= 0.6 is 0 Å². The van der Waals surface area contributed by atoms with E-state index in [2.05, 4.69) is 60.9 Å². The van der Waals surface area contributed by atoms with Crippen LogP contribution in [-0.2, 0) is 24.0 Å². The Morgan fingerprint density at radius 1 is 0.890 bits per heavy atom. The number of nitrogens with one attached hydrogen (secondary N) is 4. The first-order chi connectivity index (χ1) is 34.4. The van der Waals surface area contributed by atoms with Crippen LogP contribution in [0.1, 0.15) is 146 Å². The van der Waals surface area contributed by atoms with Gasteiger partial charge in [0.25, 0.3) is 5.91 Å². The van der Waals surface area contributed by atoms with Gasteiger partial charge in [0.05, 0.1) is 30.8 Å². The molecule has 0 aromatic rings. The van der Waals surface area contributed by atoms with Crippen LogP contribution in [0.2, 0.25) is 0 Å². The Morgan fingerprint density at radius 2 is 1.58 bits per heavy atom. The van der Waals surface area contributed by atoms with E-state index in [1.54, 1.807) is 39.8 Å². The highest BCUT2D eigenvalue weighted by atomic mass is 16.4. The van der Waals surface area contributed by atoms with Crippen molar-refractivity contribution in [3.05, 3.63) is 84.2 Å². The van der Waals surface area contributed by atoms with Crippen molar-refractivity contribution in [3.8, 4) is 0 Å². The third-order valence-electron chi connectivity index (χ3n) is 14.8. The van der Waals surface area contributed by atoms with Crippen molar-refractivity contribution in [3.63, 3.8) is 0 Å². The molecule has 73 heavy (non-hydrogen) atoms. The van der Waals surface area contributed by atoms with Gasteiger partial charge in [0.15, 0.2) is 0 Å². The van der Waals surface area contributed by atoms with Gasteiger partial charge in [0, 0.05) is 36.8 Å². The summed E-state index contributed by atoms with van der Waals surface area (Å²) in [5.41, 5.74) is 4.40. The Kier molecular flexibility index (Phi) is 29.2. The number of allylic oxidation sites excluding steroid dienone is 10. The zero-order valence-electron chi connectivity index (χ0n) is 45.5. The molecule has 0 aliphatic carbocycles. The van der Waals surface area contributed by atoms with Gasteiger partial charge in [-0.3, -0.25) is 29.0 Å². The van der Waals surface area contributed by atoms with Gasteiger partial charge in [-0.2, -0.15) is 0 Å². The fourth-order valence-electron chi connectivity index (χ4n) is 9.44. The minimum atomic E-state index is -1.25. The number of rotatable bonds is 31. The fraction of sp³-hybridized carbons (Fsp3) is 0.667. The lowest BCUT2D eigenvalue weighted by molar-refractivity contribution is -0.148. The normalized spacial score (nSPS) is 23.6. The topological polar surface area (TPSA) is 258 Å². The molecule has 412 valence electrons. The number of carboxylic acids is 1. The summed E-state index contributed by atoms with van der Waals surface area (Å²) in [4.78, 5) is 65.0. The molecule has 2 rings (SSSR count). The number of hydrazine groups is 1. The smallest absolute Gasteiger partial charge is 0.322 e.